The van der Waals surface area contributed by atoms with Gasteiger partial charge in [0.05, 0.1) is 31.6 Å². The fourth-order valence-electron chi connectivity index (χ4n) is 3.23. The first-order chi connectivity index (χ1) is 14.7. The van der Waals surface area contributed by atoms with Crippen molar-refractivity contribution in [3.63, 3.8) is 0 Å². The summed E-state index contributed by atoms with van der Waals surface area (Å²) in [7, 11) is 3.22. The summed E-state index contributed by atoms with van der Waals surface area (Å²) < 4.78 is 18.0. The molecule has 8 heteroatoms. The van der Waals surface area contributed by atoms with E-state index in [0.29, 0.717) is 25.4 Å². The Kier molecular flexibility index (Phi) is 5.65. The van der Waals surface area contributed by atoms with E-state index in [-0.39, 0.29) is 11.6 Å². The molecule has 154 valence electrons. The molecular formula is C22H22N4O4. The maximum atomic E-state index is 12.4. The number of nitrogens with zero attached hydrogens (tertiary/aromatic N) is 3. The minimum atomic E-state index is -0.284. The van der Waals surface area contributed by atoms with Crippen LogP contribution in [0.2, 0.25) is 0 Å². The van der Waals surface area contributed by atoms with Gasteiger partial charge >= 0.3 is 0 Å². The zero-order valence-corrected chi connectivity index (χ0v) is 16.8. The monoisotopic (exact) mass is 406 g/mol. The molecule has 8 nitrogen and oxygen atoms in total. The van der Waals surface area contributed by atoms with Gasteiger partial charge in [-0.15, -0.1) is 0 Å². The van der Waals surface area contributed by atoms with Gasteiger partial charge in [0.1, 0.15) is 24.3 Å². The van der Waals surface area contributed by atoms with E-state index in [1.807, 2.05) is 47.0 Å². The summed E-state index contributed by atoms with van der Waals surface area (Å²) in [6.07, 6.45) is 3.72. The lowest BCUT2D eigenvalue weighted by Gasteiger charge is -2.10. The van der Waals surface area contributed by atoms with Crippen molar-refractivity contribution < 1.29 is 18.7 Å². The van der Waals surface area contributed by atoms with E-state index in [4.69, 9.17) is 13.9 Å². The molecule has 0 saturated carbocycles. The molecular weight excluding hydrogens is 384 g/mol. The third kappa shape index (κ3) is 4.12. The van der Waals surface area contributed by atoms with E-state index < -0.39 is 0 Å². The fraction of sp³-hybridized carbons (Fsp3) is 0.227. The number of benzene rings is 2. The van der Waals surface area contributed by atoms with E-state index in [2.05, 4.69) is 15.3 Å². The summed E-state index contributed by atoms with van der Waals surface area (Å²) in [6, 6.07) is 13.4. The molecule has 0 fully saturated rings. The lowest BCUT2D eigenvalue weighted by molar-refractivity contribution is 0.0949. The lowest BCUT2D eigenvalue weighted by Crippen LogP contribution is -2.26. The number of hydrogen-bond acceptors (Lipinski definition) is 6. The first-order valence-corrected chi connectivity index (χ1v) is 9.51. The van der Waals surface area contributed by atoms with Gasteiger partial charge in [-0.1, -0.05) is 18.2 Å². The minimum Gasteiger partial charge on any atom is -0.497 e. The van der Waals surface area contributed by atoms with Crippen molar-refractivity contribution in [3.05, 3.63) is 72.2 Å². The Labute approximate surface area is 173 Å². The van der Waals surface area contributed by atoms with Crippen LogP contribution in [0.3, 0.4) is 0 Å². The number of carbonyl (C=O) groups excluding carboxylic acids is 1. The highest BCUT2D eigenvalue weighted by molar-refractivity contribution is 5.91. The second kappa shape index (κ2) is 8.69. The van der Waals surface area contributed by atoms with Gasteiger partial charge in [-0.2, -0.15) is 0 Å². The maximum absolute atomic E-state index is 12.4. The fourth-order valence-corrected chi connectivity index (χ4v) is 3.23. The molecule has 0 saturated heterocycles. The van der Waals surface area contributed by atoms with E-state index in [1.165, 1.54) is 6.26 Å². The first kappa shape index (κ1) is 19.5. The number of fused-ring (bicyclic) bond motifs is 1. The highest BCUT2D eigenvalue weighted by atomic mass is 16.5. The van der Waals surface area contributed by atoms with Gasteiger partial charge in [0, 0.05) is 12.6 Å². The van der Waals surface area contributed by atoms with Crippen molar-refractivity contribution >= 4 is 16.9 Å². The largest absolute Gasteiger partial charge is 0.497 e. The second-order valence-electron chi connectivity index (χ2n) is 6.67. The predicted molar refractivity (Wildman–Crippen MR) is 111 cm³/mol. The molecule has 1 N–H and O–H groups in total. The molecule has 30 heavy (non-hydrogen) atoms. The summed E-state index contributed by atoms with van der Waals surface area (Å²) in [5.41, 5.74) is 3.11. The Morgan fingerprint density at radius 1 is 1.17 bits per heavy atom. The molecule has 4 rings (SSSR count). The maximum Gasteiger partial charge on any atom is 0.273 e. The van der Waals surface area contributed by atoms with Crippen LogP contribution in [-0.2, 0) is 13.0 Å². The summed E-state index contributed by atoms with van der Waals surface area (Å²) >= 11 is 0. The van der Waals surface area contributed by atoms with Gasteiger partial charge in [-0.25, -0.2) is 9.97 Å². The summed E-state index contributed by atoms with van der Waals surface area (Å²) in [6.45, 7) is 0.840. The highest BCUT2D eigenvalue weighted by Gasteiger charge is 2.14. The third-order valence-electron chi connectivity index (χ3n) is 4.79. The predicted octanol–water partition coefficient (Wildman–Crippen LogP) is 3.06. The average molecular weight is 406 g/mol. The van der Waals surface area contributed by atoms with Crippen molar-refractivity contribution in [2.75, 3.05) is 20.8 Å². The number of carbonyl (C=O) groups is 1. The molecule has 2 heterocycles. The van der Waals surface area contributed by atoms with Crippen LogP contribution in [0, 0.1) is 0 Å². The Hall–Kier alpha value is -3.81. The van der Waals surface area contributed by atoms with Gasteiger partial charge in [0.2, 0.25) is 5.89 Å². The van der Waals surface area contributed by atoms with Crippen LogP contribution in [0.25, 0.3) is 11.0 Å². The normalized spacial score (nSPS) is 10.9. The first-order valence-electron chi connectivity index (χ1n) is 9.51. The minimum absolute atomic E-state index is 0.246. The molecule has 1 amide bonds. The van der Waals surface area contributed by atoms with Crippen LogP contribution in [0.4, 0.5) is 0 Å². The SMILES string of the molecule is COc1ccc(CCNC(=O)c2coc(Cn3cnc4ccccc43)n2)c(OC)c1. The quantitative estimate of drug-likeness (QED) is 0.484. The number of imidazole rings is 1. The van der Waals surface area contributed by atoms with Crippen LogP contribution in [0.15, 0.2) is 59.5 Å². The average Bonchev–Trinajstić information content (AvgIpc) is 3.42. The zero-order valence-electron chi connectivity index (χ0n) is 16.8. The number of methoxy groups -OCH3 is 2. The van der Waals surface area contributed by atoms with Gasteiger partial charge in [-0.3, -0.25) is 4.79 Å². The number of amides is 1. The Balaban J connectivity index is 1.35. The van der Waals surface area contributed by atoms with Gasteiger partial charge in [0.25, 0.3) is 5.91 Å². The Morgan fingerprint density at radius 3 is 2.87 bits per heavy atom. The molecule has 0 aliphatic carbocycles. The van der Waals surface area contributed by atoms with Crippen molar-refractivity contribution in [2.45, 2.75) is 13.0 Å². The van der Waals surface area contributed by atoms with Crippen molar-refractivity contribution in [1.82, 2.24) is 19.9 Å². The van der Waals surface area contributed by atoms with Crippen molar-refractivity contribution in [2.24, 2.45) is 0 Å². The van der Waals surface area contributed by atoms with E-state index in [0.717, 1.165) is 28.1 Å². The standard InChI is InChI=1S/C22H22N4O4/c1-28-16-8-7-15(20(11-16)29-2)9-10-23-22(27)18-13-30-21(25-18)12-26-14-24-17-5-3-4-6-19(17)26/h3-8,11,13-14H,9-10,12H2,1-2H3,(H,23,27). The number of oxazole rings is 1. The molecule has 4 aromatic rings. The molecule has 0 aliphatic heterocycles. The van der Waals surface area contributed by atoms with E-state index in [1.54, 1.807) is 20.5 Å². The van der Waals surface area contributed by atoms with Crippen molar-refractivity contribution in [1.29, 1.82) is 0 Å². The highest BCUT2D eigenvalue weighted by Crippen LogP contribution is 2.24. The van der Waals surface area contributed by atoms with Gasteiger partial charge in [0.15, 0.2) is 5.69 Å². The Bertz CT molecular complexity index is 1160. The number of aromatic nitrogens is 3. The molecule has 2 aromatic heterocycles. The van der Waals surface area contributed by atoms with Crippen LogP contribution < -0.4 is 14.8 Å². The van der Waals surface area contributed by atoms with Gasteiger partial charge in [-0.05, 0) is 30.2 Å². The number of para-hydroxylation sites is 2. The number of nitrogens with one attached hydrogen (secondary N) is 1. The Morgan fingerprint density at radius 2 is 2.03 bits per heavy atom. The zero-order chi connectivity index (χ0) is 20.9. The third-order valence-corrected chi connectivity index (χ3v) is 4.79. The molecule has 2 aromatic carbocycles. The smallest absolute Gasteiger partial charge is 0.273 e. The van der Waals surface area contributed by atoms with Crippen LogP contribution >= 0.6 is 0 Å². The van der Waals surface area contributed by atoms with Crippen LogP contribution in [0.1, 0.15) is 21.9 Å². The van der Waals surface area contributed by atoms with Crippen LogP contribution in [-0.4, -0.2) is 41.2 Å². The molecule has 0 radical (unpaired) electrons. The number of hydrogen-bond donors (Lipinski definition) is 1. The van der Waals surface area contributed by atoms with E-state index >= 15 is 0 Å². The molecule has 0 spiro atoms. The molecule has 0 bridgehead atoms. The van der Waals surface area contributed by atoms with E-state index in [9.17, 15) is 4.79 Å². The summed E-state index contributed by atoms with van der Waals surface area (Å²) in [5, 5.41) is 2.86. The molecule has 0 unspecified atom stereocenters. The van der Waals surface area contributed by atoms with Gasteiger partial charge < -0.3 is 23.8 Å². The van der Waals surface area contributed by atoms with Crippen molar-refractivity contribution in [3.8, 4) is 11.5 Å². The summed E-state index contributed by atoms with van der Waals surface area (Å²) in [4.78, 5) is 21.1. The second-order valence-corrected chi connectivity index (χ2v) is 6.67. The van der Waals surface area contributed by atoms with Crippen LogP contribution in [0.5, 0.6) is 11.5 Å². The topological polar surface area (TPSA) is 91.4 Å². The molecule has 0 aliphatic rings. The lowest BCUT2D eigenvalue weighted by atomic mass is 10.1. The summed E-state index contributed by atoms with van der Waals surface area (Å²) in [5.74, 6) is 1.61. The number of ether oxygens (including phenoxy) is 2. The molecule has 0 atom stereocenters. The number of rotatable bonds is 8.